The summed E-state index contributed by atoms with van der Waals surface area (Å²) in [6.07, 6.45) is 2.81. The molecule has 3 rings (SSSR count). The lowest BCUT2D eigenvalue weighted by molar-refractivity contribution is 0.910. The van der Waals surface area contributed by atoms with Gasteiger partial charge in [0.25, 0.3) is 0 Å². The number of aromatic nitrogens is 3. The number of aryl methyl sites for hydroxylation is 1. The second-order valence-electron chi connectivity index (χ2n) is 3.83. The van der Waals surface area contributed by atoms with Crippen LogP contribution in [0.5, 0.6) is 0 Å². The van der Waals surface area contributed by atoms with E-state index in [1.54, 1.807) is 28.0 Å². The van der Waals surface area contributed by atoms with Crippen molar-refractivity contribution in [3.8, 4) is 11.3 Å². The molecular formula is C12H9Cl2N3S. The molecule has 0 spiro atoms. The van der Waals surface area contributed by atoms with Crippen molar-refractivity contribution in [2.75, 3.05) is 0 Å². The Balaban J connectivity index is 2.10. The van der Waals surface area contributed by atoms with Crippen LogP contribution in [0.1, 0.15) is 11.9 Å². The van der Waals surface area contributed by atoms with E-state index in [1.807, 2.05) is 12.3 Å². The topological polar surface area (TPSA) is 30.2 Å². The van der Waals surface area contributed by atoms with Crippen LogP contribution in [-0.2, 0) is 6.42 Å². The first-order valence-corrected chi connectivity index (χ1v) is 7.05. The Morgan fingerprint density at radius 2 is 2.17 bits per heavy atom. The van der Waals surface area contributed by atoms with Crippen LogP contribution < -0.4 is 0 Å². The van der Waals surface area contributed by atoms with Crippen molar-refractivity contribution in [3.05, 3.63) is 39.4 Å². The Bertz CT molecular complexity index is 686. The molecule has 2 aromatic heterocycles. The van der Waals surface area contributed by atoms with Gasteiger partial charge in [-0.2, -0.15) is 5.10 Å². The number of hydrogen-bond acceptors (Lipinski definition) is 3. The van der Waals surface area contributed by atoms with Crippen molar-refractivity contribution >= 4 is 39.5 Å². The molecule has 0 radical (unpaired) electrons. The molecule has 6 heteroatoms. The van der Waals surface area contributed by atoms with Crippen LogP contribution >= 0.6 is 34.5 Å². The van der Waals surface area contributed by atoms with E-state index in [-0.39, 0.29) is 0 Å². The van der Waals surface area contributed by atoms with Crippen LogP contribution in [0.15, 0.2) is 24.4 Å². The highest BCUT2D eigenvalue weighted by molar-refractivity contribution is 7.16. The van der Waals surface area contributed by atoms with Crippen molar-refractivity contribution in [3.63, 3.8) is 0 Å². The smallest absolute Gasteiger partial charge is 0.212 e. The largest absolute Gasteiger partial charge is 0.217 e. The minimum Gasteiger partial charge on any atom is -0.217 e. The molecule has 0 saturated heterocycles. The zero-order chi connectivity index (χ0) is 12.7. The Morgan fingerprint density at radius 3 is 2.83 bits per heavy atom. The molecular weight excluding hydrogens is 289 g/mol. The lowest BCUT2D eigenvalue weighted by atomic mass is 10.2. The molecule has 0 N–H and O–H groups in total. The van der Waals surface area contributed by atoms with Crippen LogP contribution in [0.3, 0.4) is 0 Å². The summed E-state index contributed by atoms with van der Waals surface area (Å²) < 4.78 is 1.80. The predicted octanol–water partition coefficient (Wildman–Crippen LogP) is 4.33. The van der Waals surface area contributed by atoms with E-state index in [4.69, 9.17) is 23.2 Å². The molecule has 92 valence electrons. The average molecular weight is 298 g/mol. The van der Waals surface area contributed by atoms with E-state index in [9.17, 15) is 0 Å². The first-order chi connectivity index (χ1) is 8.67. The predicted molar refractivity (Wildman–Crippen MR) is 75.7 cm³/mol. The number of halogens is 2. The summed E-state index contributed by atoms with van der Waals surface area (Å²) >= 11 is 13.6. The van der Waals surface area contributed by atoms with Gasteiger partial charge in [0.05, 0.1) is 16.9 Å². The molecule has 1 aromatic carbocycles. The minimum absolute atomic E-state index is 0.601. The van der Waals surface area contributed by atoms with Crippen molar-refractivity contribution in [1.29, 1.82) is 0 Å². The molecule has 0 atom stereocenters. The quantitative estimate of drug-likeness (QED) is 0.705. The van der Waals surface area contributed by atoms with E-state index in [1.165, 1.54) is 0 Å². The normalized spacial score (nSPS) is 11.3. The van der Waals surface area contributed by atoms with Crippen molar-refractivity contribution in [2.24, 2.45) is 0 Å². The Morgan fingerprint density at radius 1 is 1.33 bits per heavy atom. The monoisotopic (exact) mass is 297 g/mol. The third kappa shape index (κ3) is 2.00. The fraction of sp³-hybridized carbons (Fsp3) is 0.167. The number of fused-ring (bicyclic) bond motifs is 1. The van der Waals surface area contributed by atoms with Gasteiger partial charge in [-0.15, -0.1) is 0 Å². The summed E-state index contributed by atoms with van der Waals surface area (Å²) in [7, 11) is 0. The standard InChI is InChI=1S/C12H9Cl2N3S/c1-2-11-16-17-6-10(15-12(17)18-11)8-4-3-7(13)5-9(8)14/h3-6H,2H2,1H3. The SMILES string of the molecule is CCc1nn2cc(-c3ccc(Cl)cc3Cl)nc2s1. The molecule has 0 amide bonds. The van der Waals surface area contributed by atoms with Gasteiger partial charge in [-0.25, -0.2) is 9.50 Å². The summed E-state index contributed by atoms with van der Waals surface area (Å²) in [6.45, 7) is 2.08. The molecule has 0 saturated carbocycles. The van der Waals surface area contributed by atoms with Gasteiger partial charge < -0.3 is 0 Å². The molecule has 0 fully saturated rings. The summed E-state index contributed by atoms with van der Waals surface area (Å²) in [6, 6.07) is 5.40. The number of rotatable bonds is 2. The van der Waals surface area contributed by atoms with E-state index >= 15 is 0 Å². The molecule has 0 aliphatic heterocycles. The van der Waals surface area contributed by atoms with Gasteiger partial charge in [-0.1, -0.05) is 41.5 Å². The van der Waals surface area contributed by atoms with Gasteiger partial charge in [0.2, 0.25) is 4.96 Å². The zero-order valence-corrected chi connectivity index (χ0v) is 11.9. The number of imidazole rings is 1. The second-order valence-corrected chi connectivity index (χ2v) is 5.71. The molecule has 0 aliphatic rings. The number of hydrogen-bond donors (Lipinski definition) is 0. The third-order valence-corrected chi connectivity index (χ3v) is 4.21. The molecule has 0 bridgehead atoms. The first kappa shape index (κ1) is 12.0. The van der Waals surface area contributed by atoms with Crippen molar-refractivity contribution in [2.45, 2.75) is 13.3 Å². The van der Waals surface area contributed by atoms with Crippen LogP contribution in [-0.4, -0.2) is 14.6 Å². The zero-order valence-electron chi connectivity index (χ0n) is 9.52. The fourth-order valence-corrected chi connectivity index (χ4v) is 3.03. The van der Waals surface area contributed by atoms with Gasteiger partial charge in [0.1, 0.15) is 5.01 Å². The molecule has 18 heavy (non-hydrogen) atoms. The van der Waals surface area contributed by atoms with Crippen molar-refractivity contribution in [1.82, 2.24) is 14.6 Å². The second kappa shape index (κ2) is 4.53. The highest BCUT2D eigenvalue weighted by Gasteiger charge is 2.11. The van der Waals surface area contributed by atoms with Gasteiger partial charge in [-0.3, -0.25) is 0 Å². The van der Waals surface area contributed by atoms with Crippen LogP contribution in [0.25, 0.3) is 16.2 Å². The lowest BCUT2D eigenvalue weighted by Gasteiger charge is -2.00. The van der Waals surface area contributed by atoms with Gasteiger partial charge in [0, 0.05) is 10.6 Å². The average Bonchev–Trinajstić information content (AvgIpc) is 2.86. The van der Waals surface area contributed by atoms with Crippen molar-refractivity contribution < 1.29 is 0 Å². The summed E-state index contributed by atoms with van der Waals surface area (Å²) in [5, 5.41) is 6.73. The Labute approximate surface area is 118 Å². The molecule has 0 aliphatic carbocycles. The van der Waals surface area contributed by atoms with Gasteiger partial charge in [0.15, 0.2) is 0 Å². The van der Waals surface area contributed by atoms with E-state index in [0.29, 0.717) is 10.0 Å². The maximum Gasteiger partial charge on any atom is 0.212 e. The number of benzene rings is 1. The maximum absolute atomic E-state index is 6.17. The minimum atomic E-state index is 0.601. The fourth-order valence-electron chi connectivity index (χ4n) is 1.71. The molecule has 2 heterocycles. The van der Waals surface area contributed by atoms with Gasteiger partial charge >= 0.3 is 0 Å². The van der Waals surface area contributed by atoms with Gasteiger partial charge in [-0.05, 0) is 24.6 Å². The molecule has 3 aromatic rings. The van der Waals surface area contributed by atoms with E-state index in [0.717, 1.165) is 27.6 Å². The highest BCUT2D eigenvalue weighted by Crippen LogP contribution is 2.30. The summed E-state index contributed by atoms with van der Waals surface area (Å²) in [5.74, 6) is 0. The summed E-state index contributed by atoms with van der Waals surface area (Å²) in [4.78, 5) is 5.42. The van der Waals surface area contributed by atoms with Crippen LogP contribution in [0.2, 0.25) is 10.0 Å². The Hall–Kier alpha value is -1.10. The van der Waals surface area contributed by atoms with E-state index in [2.05, 4.69) is 17.0 Å². The molecule has 0 unspecified atom stereocenters. The Kier molecular flexibility index (Phi) is 3.01. The molecule has 3 nitrogen and oxygen atoms in total. The van der Waals surface area contributed by atoms with E-state index < -0.39 is 0 Å². The first-order valence-electron chi connectivity index (χ1n) is 5.48. The van der Waals surface area contributed by atoms with Crippen LogP contribution in [0, 0.1) is 0 Å². The summed E-state index contributed by atoms with van der Waals surface area (Å²) in [5.41, 5.74) is 1.69. The van der Waals surface area contributed by atoms with Crippen LogP contribution in [0.4, 0.5) is 0 Å². The third-order valence-electron chi connectivity index (χ3n) is 2.59. The lowest BCUT2D eigenvalue weighted by Crippen LogP contribution is -1.84. The number of nitrogens with zero attached hydrogens (tertiary/aromatic N) is 3. The highest BCUT2D eigenvalue weighted by atomic mass is 35.5. The maximum atomic E-state index is 6.17.